The number of nitrogens with zero attached hydrogens (tertiary/aromatic N) is 5. The van der Waals surface area contributed by atoms with Crippen LogP contribution >= 0.6 is 0 Å². The smallest absolute Gasteiger partial charge is 0.219 e. The molecule has 2 aromatic heterocycles. The summed E-state index contributed by atoms with van der Waals surface area (Å²) in [6.07, 6.45) is 11.0. The quantitative estimate of drug-likeness (QED) is 0.673. The highest BCUT2D eigenvalue weighted by atomic mass is 19.2. The predicted octanol–water partition coefficient (Wildman–Crippen LogP) is 2.70. The largest absolute Gasteiger partial charge is 0.368 e. The Hall–Kier alpha value is -3.54. The Kier molecular flexibility index (Phi) is 4.00. The van der Waals surface area contributed by atoms with Crippen LogP contribution in [0.1, 0.15) is 17.2 Å². The molecule has 152 valence electrons. The zero-order chi connectivity index (χ0) is 21.0. The molecule has 0 unspecified atom stereocenters. The summed E-state index contributed by atoms with van der Waals surface area (Å²) >= 11 is 0. The summed E-state index contributed by atoms with van der Waals surface area (Å²) in [5.74, 6) is 1.83. The lowest BCUT2D eigenvalue weighted by Crippen LogP contribution is -2.59. The van der Waals surface area contributed by atoms with E-state index < -0.39 is 17.3 Å². The molecule has 1 aliphatic carbocycles. The van der Waals surface area contributed by atoms with Gasteiger partial charge in [-0.3, -0.25) is 0 Å². The summed E-state index contributed by atoms with van der Waals surface area (Å²) in [7, 11) is 0. The van der Waals surface area contributed by atoms with Crippen LogP contribution in [0.25, 0.3) is 11.4 Å². The van der Waals surface area contributed by atoms with E-state index in [9.17, 15) is 13.2 Å². The number of hydrogen-bond donors (Lipinski definition) is 1. The third kappa shape index (κ3) is 2.87. The molecule has 1 saturated heterocycles. The van der Waals surface area contributed by atoms with Crippen molar-refractivity contribution in [1.82, 2.24) is 19.5 Å². The van der Waals surface area contributed by atoms with E-state index in [2.05, 4.69) is 20.9 Å². The molecular formula is C21H17F3N6. The van der Waals surface area contributed by atoms with Gasteiger partial charge in [-0.25, -0.2) is 28.1 Å². The topological polar surface area (TPSA) is 72.9 Å². The van der Waals surface area contributed by atoms with Crippen molar-refractivity contribution in [1.29, 1.82) is 0 Å². The molecule has 0 amide bonds. The Morgan fingerprint density at radius 1 is 1.03 bits per heavy atom. The molecule has 5 rings (SSSR count). The number of halogens is 3. The van der Waals surface area contributed by atoms with Crippen LogP contribution in [-0.2, 0) is 12.8 Å². The first-order chi connectivity index (χ1) is 14.4. The SMILES string of the molecule is C#CC1(F)CN(c2cnc(-c3cnc(N)nc3)n2C2Cc3cc(F)c(F)cc3C2)C1. The van der Waals surface area contributed by atoms with Gasteiger partial charge in [0, 0.05) is 18.4 Å². The van der Waals surface area contributed by atoms with Crippen LogP contribution in [-0.4, -0.2) is 38.3 Å². The van der Waals surface area contributed by atoms with Gasteiger partial charge in [-0.05, 0) is 36.1 Å². The molecule has 3 aromatic rings. The van der Waals surface area contributed by atoms with Crippen molar-refractivity contribution < 1.29 is 13.2 Å². The fraction of sp³-hybridized carbons (Fsp3) is 0.286. The van der Waals surface area contributed by atoms with Crippen molar-refractivity contribution in [3.05, 3.63) is 53.5 Å². The summed E-state index contributed by atoms with van der Waals surface area (Å²) in [6, 6.07) is 2.32. The van der Waals surface area contributed by atoms with Gasteiger partial charge in [0.2, 0.25) is 11.6 Å². The molecule has 3 heterocycles. The van der Waals surface area contributed by atoms with Gasteiger partial charge in [0.25, 0.3) is 0 Å². The molecule has 1 aromatic carbocycles. The third-order valence-corrected chi connectivity index (χ3v) is 5.69. The Balaban J connectivity index is 1.56. The van der Waals surface area contributed by atoms with E-state index in [-0.39, 0.29) is 25.1 Å². The highest BCUT2D eigenvalue weighted by Gasteiger charge is 2.44. The van der Waals surface area contributed by atoms with E-state index in [1.807, 2.05) is 4.57 Å². The lowest BCUT2D eigenvalue weighted by atomic mass is 9.98. The molecule has 0 bridgehead atoms. The number of terminal acetylenes is 1. The lowest BCUT2D eigenvalue weighted by Gasteiger charge is -2.43. The molecule has 2 N–H and O–H groups in total. The molecule has 0 radical (unpaired) electrons. The fourth-order valence-electron chi connectivity index (χ4n) is 4.20. The Morgan fingerprint density at radius 2 is 1.63 bits per heavy atom. The summed E-state index contributed by atoms with van der Waals surface area (Å²) in [4.78, 5) is 14.4. The van der Waals surface area contributed by atoms with Gasteiger partial charge in [-0.1, -0.05) is 5.92 Å². The standard InChI is InChI=1S/C21H17F3N6/c1-2-21(24)10-29(11-21)18-9-26-19(14-7-27-20(25)28-8-14)30(18)15-3-12-5-16(22)17(23)6-13(12)4-15/h1,5-9,15H,3-4,10-11H2,(H2,25,27,28). The molecule has 2 aliphatic rings. The van der Waals surface area contributed by atoms with Crippen LogP contribution in [0.2, 0.25) is 0 Å². The molecule has 9 heteroatoms. The number of hydrogen-bond acceptors (Lipinski definition) is 5. The van der Waals surface area contributed by atoms with Gasteiger partial charge in [0.05, 0.1) is 24.8 Å². The van der Waals surface area contributed by atoms with E-state index in [0.717, 1.165) is 11.1 Å². The van der Waals surface area contributed by atoms with Crippen LogP contribution in [0.5, 0.6) is 0 Å². The van der Waals surface area contributed by atoms with Crippen LogP contribution < -0.4 is 10.6 Å². The first-order valence-electron chi connectivity index (χ1n) is 9.40. The number of nitrogens with two attached hydrogens (primary N) is 1. The third-order valence-electron chi connectivity index (χ3n) is 5.69. The zero-order valence-electron chi connectivity index (χ0n) is 15.8. The zero-order valence-corrected chi connectivity index (χ0v) is 15.8. The van der Waals surface area contributed by atoms with Crippen LogP contribution in [0.3, 0.4) is 0 Å². The molecule has 0 atom stereocenters. The summed E-state index contributed by atoms with van der Waals surface area (Å²) < 4.78 is 43.7. The number of rotatable bonds is 3. The Labute approximate surface area is 170 Å². The average Bonchev–Trinajstić information content (AvgIpc) is 3.30. The number of aromatic nitrogens is 4. The van der Waals surface area contributed by atoms with Gasteiger partial charge in [-0.15, -0.1) is 6.42 Å². The number of anilines is 2. The fourth-order valence-corrected chi connectivity index (χ4v) is 4.20. The second-order valence-electron chi connectivity index (χ2n) is 7.70. The lowest BCUT2D eigenvalue weighted by molar-refractivity contribution is 0.190. The molecule has 6 nitrogen and oxygen atoms in total. The maximum absolute atomic E-state index is 14.3. The summed E-state index contributed by atoms with van der Waals surface area (Å²) in [5.41, 5.74) is 6.03. The minimum Gasteiger partial charge on any atom is -0.368 e. The van der Waals surface area contributed by atoms with Gasteiger partial charge in [-0.2, -0.15) is 0 Å². The van der Waals surface area contributed by atoms with E-state index in [1.54, 1.807) is 23.5 Å². The first-order valence-corrected chi connectivity index (χ1v) is 9.40. The molecule has 0 saturated carbocycles. The molecule has 1 fully saturated rings. The summed E-state index contributed by atoms with van der Waals surface area (Å²) in [6.45, 7) is 0.103. The number of benzene rings is 1. The first kappa shape index (κ1) is 18.5. The van der Waals surface area contributed by atoms with Crippen molar-refractivity contribution >= 4 is 11.8 Å². The second kappa shape index (κ2) is 6.49. The van der Waals surface area contributed by atoms with E-state index in [1.165, 1.54) is 12.1 Å². The molecule has 30 heavy (non-hydrogen) atoms. The average molecular weight is 410 g/mol. The number of alkyl halides is 1. The van der Waals surface area contributed by atoms with Crippen molar-refractivity contribution in [3.8, 4) is 23.7 Å². The Bertz CT molecular complexity index is 1140. The number of fused-ring (bicyclic) bond motifs is 1. The highest BCUT2D eigenvalue weighted by molar-refractivity contribution is 5.61. The monoisotopic (exact) mass is 410 g/mol. The van der Waals surface area contributed by atoms with E-state index >= 15 is 0 Å². The molecule has 0 spiro atoms. The highest BCUT2D eigenvalue weighted by Crippen LogP contribution is 2.40. The van der Waals surface area contributed by atoms with Crippen molar-refractivity contribution in [2.24, 2.45) is 0 Å². The number of nitrogen functional groups attached to an aromatic ring is 1. The van der Waals surface area contributed by atoms with Crippen LogP contribution in [0, 0.1) is 24.0 Å². The maximum atomic E-state index is 14.3. The van der Waals surface area contributed by atoms with E-state index in [4.69, 9.17) is 12.2 Å². The second-order valence-corrected chi connectivity index (χ2v) is 7.70. The van der Waals surface area contributed by atoms with E-state index in [0.29, 0.717) is 30.0 Å². The van der Waals surface area contributed by atoms with Gasteiger partial charge < -0.3 is 15.2 Å². The van der Waals surface area contributed by atoms with Crippen LogP contribution in [0.15, 0.2) is 30.7 Å². The minimum atomic E-state index is -1.68. The van der Waals surface area contributed by atoms with Crippen molar-refractivity contribution in [2.45, 2.75) is 24.6 Å². The van der Waals surface area contributed by atoms with Gasteiger partial charge in [0.15, 0.2) is 11.6 Å². The summed E-state index contributed by atoms with van der Waals surface area (Å²) in [5, 5.41) is 0. The normalized spacial score (nSPS) is 17.5. The minimum absolute atomic E-state index is 0.0514. The van der Waals surface area contributed by atoms with Crippen molar-refractivity contribution in [2.75, 3.05) is 23.7 Å². The number of imidazole rings is 1. The Morgan fingerprint density at radius 3 is 2.20 bits per heavy atom. The van der Waals surface area contributed by atoms with Crippen LogP contribution in [0.4, 0.5) is 24.9 Å². The van der Waals surface area contributed by atoms with Gasteiger partial charge in [0.1, 0.15) is 11.6 Å². The molecular weight excluding hydrogens is 393 g/mol. The predicted molar refractivity (Wildman–Crippen MR) is 105 cm³/mol. The maximum Gasteiger partial charge on any atom is 0.219 e. The van der Waals surface area contributed by atoms with Gasteiger partial charge >= 0.3 is 0 Å². The van der Waals surface area contributed by atoms with Crippen molar-refractivity contribution in [3.63, 3.8) is 0 Å². The molecule has 1 aliphatic heterocycles.